The number of hydrogen-bond donors (Lipinski definition) is 2. The summed E-state index contributed by atoms with van der Waals surface area (Å²) in [5.74, 6) is 2.62. The van der Waals surface area contributed by atoms with Crippen molar-refractivity contribution in [3.05, 3.63) is 0 Å². The highest BCUT2D eigenvalue weighted by atomic mass is 16.5. The van der Waals surface area contributed by atoms with Crippen LogP contribution in [0.5, 0.6) is 0 Å². The summed E-state index contributed by atoms with van der Waals surface area (Å²) in [7, 11) is 1.68. The van der Waals surface area contributed by atoms with Crippen LogP contribution in [0.3, 0.4) is 0 Å². The molecule has 4 heteroatoms. The van der Waals surface area contributed by atoms with E-state index in [9.17, 15) is 4.79 Å². The van der Waals surface area contributed by atoms with Crippen LogP contribution in [0.4, 0.5) is 0 Å². The topological polar surface area (TPSA) is 64.3 Å². The van der Waals surface area contributed by atoms with Crippen LogP contribution in [-0.2, 0) is 9.53 Å². The highest BCUT2D eigenvalue weighted by molar-refractivity contribution is 5.82. The molecule has 1 atom stereocenters. The van der Waals surface area contributed by atoms with Crippen molar-refractivity contribution in [2.24, 2.45) is 23.5 Å². The molecule has 4 aliphatic carbocycles. The average Bonchev–Trinajstić information content (AvgIpc) is 2.36. The fourth-order valence-electron chi connectivity index (χ4n) is 5.20. The Balaban J connectivity index is 1.55. The van der Waals surface area contributed by atoms with Crippen LogP contribution in [0.1, 0.15) is 51.4 Å². The summed E-state index contributed by atoms with van der Waals surface area (Å²) in [6, 6.07) is -0.377. The molecule has 1 unspecified atom stereocenters. The van der Waals surface area contributed by atoms with Gasteiger partial charge < -0.3 is 15.8 Å². The molecule has 0 aromatic rings. The first-order valence-corrected chi connectivity index (χ1v) is 8.17. The third kappa shape index (κ3) is 2.86. The smallest absolute Gasteiger partial charge is 0.237 e. The van der Waals surface area contributed by atoms with Gasteiger partial charge in [0.05, 0.1) is 6.04 Å². The normalized spacial score (nSPS) is 39.8. The number of nitrogens with one attached hydrogen (secondary N) is 1. The second kappa shape index (κ2) is 5.64. The molecule has 4 rings (SSSR count). The second-order valence-corrected chi connectivity index (χ2v) is 7.43. The van der Waals surface area contributed by atoms with E-state index in [4.69, 9.17) is 10.5 Å². The van der Waals surface area contributed by atoms with Crippen molar-refractivity contribution in [2.45, 2.75) is 62.9 Å². The van der Waals surface area contributed by atoms with Gasteiger partial charge in [-0.1, -0.05) is 0 Å². The SMILES string of the molecule is COCCCC(N)C(=O)NC12CC3CC(CC(C3)C1)C2. The zero-order chi connectivity index (χ0) is 14.2. The van der Waals surface area contributed by atoms with E-state index >= 15 is 0 Å². The monoisotopic (exact) mass is 280 g/mol. The number of carbonyl (C=O) groups is 1. The van der Waals surface area contributed by atoms with Crippen molar-refractivity contribution in [2.75, 3.05) is 13.7 Å². The van der Waals surface area contributed by atoms with Crippen molar-refractivity contribution in [1.82, 2.24) is 5.32 Å². The summed E-state index contributed by atoms with van der Waals surface area (Å²) in [5, 5.41) is 3.35. The number of methoxy groups -OCH3 is 1. The minimum absolute atomic E-state index is 0.0584. The van der Waals surface area contributed by atoms with E-state index in [0.717, 1.165) is 24.2 Å². The van der Waals surface area contributed by atoms with E-state index < -0.39 is 0 Å². The van der Waals surface area contributed by atoms with Gasteiger partial charge in [0.25, 0.3) is 0 Å². The van der Waals surface area contributed by atoms with E-state index in [1.807, 2.05) is 0 Å². The molecule has 0 aliphatic heterocycles. The molecule has 4 fully saturated rings. The first-order chi connectivity index (χ1) is 9.60. The van der Waals surface area contributed by atoms with Gasteiger partial charge in [-0.25, -0.2) is 0 Å². The minimum atomic E-state index is -0.377. The molecule has 0 saturated heterocycles. The summed E-state index contributed by atoms with van der Waals surface area (Å²) in [6.45, 7) is 0.679. The lowest BCUT2D eigenvalue weighted by molar-refractivity contribution is -0.128. The Hall–Kier alpha value is -0.610. The van der Waals surface area contributed by atoms with Gasteiger partial charge in [-0.3, -0.25) is 4.79 Å². The van der Waals surface area contributed by atoms with Crippen LogP contribution >= 0.6 is 0 Å². The number of ether oxygens (including phenoxy) is 1. The molecule has 4 nitrogen and oxygen atoms in total. The van der Waals surface area contributed by atoms with Crippen molar-refractivity contribution in [1.29, 1.82) is 0 Å². The van der Waals surface area contributed by atoms with Crippen LogP contribution < -0.4 is 11.1 Å². The minimum Gasteiger partial charge on any atom is -0.385 e. The summed E-state index contributed by atoms with van der Waals surface area (Å²) >= 11 is 0. The van der Waals surface area contributed by atoms with Crippen LogP contribution in [0.25, 0.3) is 0 Å². The maximum absolute atomic E-state index is 12.3. The van der Waals surface area contributed by atoms with Crippen LogP contribution in [0.15, 0.2) is 0 Å². The molecule has 0 heterocycles. The van der Waals surface area contributed by atoms with Gasteiger partial charge >= 0.3 is 0 Å². The van der Waals surface area contributed by atoms with E-state index in [2.05, 4.69) is 5.32 Å². The first-order valence-electron chi connectivity index (χ1n) is 8.17. The zero-order valence-corrected chi connectivity index (χ0v) is 12.6. The van der Waals surface area contributed by atoms with Crippen molar-refractivity contribution >= 4 is 5.91 Å². The lowest BCUT2D eigenvalue weighted by atomic mass is 9.53. The summed E-state index contributed by atoms with van der Waals surface area (Å²) in [4.78, 5) is 12.3. The van der Waals surface area contributed by atoms with Crippen LogP contribution in [0, 0.1) is 17.8 Å². The molecule has 4 aliphatic rings. The van der Waals surface area contributed by atoms with Gasteiger partial charge in [-0.15, -0.1) is 0 Å². The summed E-state index contributed by atoms with van der Waals surface area (Å²) in [5.41, 5.74) is 6.11. The lowest BCUT2D eigenvalue weighted by Gasteiger charge is -2.57. The molecule has 0 spiro atoms. The third-order valence-corrected chi connectivity index (χ3v) is 5.63. The summed E-state index contributed by atoms with van der Waals surface area (Å²) < 4.78 is 5.02. The Morgan fingerprint density at radius 2 is 1.80 bits per heavy atom. The Morgan fingerprint density at radius 3 is 2.30 bits per heavy atom. The van der Waals surface area contributed by atoms with Crippen LogP contribution in [0.2, 0.25) is 0 Å². The standard InChI is InChI=1S/C16H28N2O2/c1-20-4-2-3-14(17)15(19)18-16-8-11-5-12(9-16)7-13(6-11)10-16/h11-14H,2-10,17H2,1H3,(H,18,19). The number of nitrogens with two attached hydrogens (primary N) is 1. The molecule has 4 bridgehead atoms. The van der Waals surface area contributed by atoms with E-state index in [0.29, 0.717) is 13.0 Å². The van der Waals surface area contributed by atoms with Crippen molar-refractivity contribution in [3.8, 4) is 0 Å². The molecule has 114 valence electrons. The summed E-state index contributed by atoms with van der Waals surface area (Å²) in [6.07, 6.45) is 9.33. The largest absolute Gasteiger partial charge is 0.385 e. The van der Waals surface area contributed by atoms with Gasteiger partial charge in [-0.2, -0.15) is 0 Å². The molecule has 0 aromatic carbocycles. The number of rotatable bonds is 6. The Labute approximate surface area is 121 Å². The zero-order valence-electron chi connectivity index (χ0n) is 12.6. The van der Waals surface area contributed by atoms with E-state index in [1.165, 1.54) is 38.5 Å². The molecule has 20 heavy (non-hydrogen) atoms. The molecule has 0 aromatic heterocycles. The predicted molar refractivity (Wildman–Crippen MR) is 78.1 cm³/mol. The van der Waals surface area contributed by atoms with Gasteiger partial charge in [0, 0.05) is 19.3 Å². The Bertz CT molecular complexity index is 334. The van der Waals surface area contributed by atoms with Gasteiger partial charge in [0.2, 0.25) is 5.91 Å². The molecule has 4 saturated carbocycles. The third-order valence-electron chi connectivity index (χ3n) is 5.63. The van der Waals surface area contributed by atoms with Crippen LogP contribution in [-0.4, -0.2) is 31.2 Å². The molecular weight excluding hydrogens is 252 g/mol. The fourth-order valence-corrected chi connectivity index (χ4v) is 5.20. The maximum atomic E-state index is 12.3. The van der Waals surface area contributed by atoms with Gasteiger partial charge in [0.1, 0.15) is 0 Å². The van der Waals surface area contributed by atoms with E-state index in [-0.39, 0.29) is 17.5 Å². The van der Waals surface area contributed by atoms with Gasteiger partial charge in [0.15, 0.2) is 0 Å². The predicted octanol–water partition coefficient (Wildman–Crippen LogP) is 1.83. The molecule has 1 amide bonds. The quantitative estimate of drug-likeness (QED) is 0.730. The Morgan fingerprint density at radius 1 is 1.25 bits per heavy atom. The Kier molecular flexibility index (Phi) is 4.04. The van der Waals surface area contributed by atoms with Crippen molar-refractivity contribution in [3.63, 3.8) is 0 Å². The van der Waals surface area contributed by atoms with Crippen molar-refractivity contribution < 1.29 is 9.53 Å². The maximum Gasteiger partial charge on any atom is 0.237 e. The number of hydrogen-bond acceptors (Lipinski definition) is 3. The van der Waals surface area contributed by atoms with E-state index in [1.54, 1.807) is 7.11 Å². The second-order valence-electron chi connectivity index (χ2n) is 7.43. The van der Waals surface area contributed by atoms with Gasteiger partial charge in [-0.05, 0) is 69.1 Å². The average molecular weight is 280 g/mol. The highest BCUT2D eigenvalue weighted by Gasteiger charge is 2.51. The lowest BCUT2D eigenvalue weighted by Crippen LogP contribution is -2.62. The molecule has 0 radical (unpaired) electrons. The first kappa shape index (κ1) is 14.3. The molecule has 3 N–H and O–H groups in total. The number of amides is 1. The number of carbonyl (C=O) groups excluding carboxylic acids is 1. The highest BCUT2D eigenvalue weighted by Crippen LogP contribution is 2.55. The fraction of sp³-hybridized carbons (Fsp3) is 0.938. The molecular formula is C16H28N2O2.